The number of rotatable bonds is 5. The van der Waals surface area contributed by atoms with Gasteiger partial charge in [0, 0.05) is 44.7 Å². The highest BCUT2D eigenvalue weighted by Crippen LogP contribution is 2.35. The molecule has 12 heteroatoms. The Hall–Kier alpha value is -3.44. The maximum Gasteiger partial charge on any atom is 0.416 e. The van der Waals surface area contributed by atoms with Crippen molar-refractivity contribution in [3.05, 3.63) is 46.4 Å². The molecule has 2 aliphatic heterocycles. The average Bonchev–Trinajstić information content (AvgIpc) is 3.15. The van der Waals surface area contributed by atoms with Crippen LogP contribution in [0.3, 0.4) is 0 Å². The van der Waals surface area contributed by atoms with Crippen LogP contribution < -0.4 is 10.2 Å². The lowest BCUT2D eigenvalue weighted by atomic mass is 10.0. The number of carbonyl (C=O) groups is 2. The zero-order chi connectivity index (χ0) is 26.4. The van der Waals surface area contributed by atoms with E-state index in [9.17, 15) is 27.2 Å². The lowest BCUT2D eigenvalue weighted by molar-refractivity contribution is -0.137. The number of amides is 2. The molecule has 1 aromatic heterocycles. The minimum atomic E-state index is -4.69. The first-order chi connectivity index (χ1) is 16.8. The maximum absolute atomic E-state index is 14.0. The molecule has 0 unspecified atom stereocenters. The van der Waals surface area contributed by atoms with Crippen molar-refractivity contribution in [3.63, 3.8) is 0 Å². The van der Waals surface area contributed by atoms with E-state index in [1.807, 2.05) is 18.7 Å². The number of aromatic nitrogens is 2. The number of carbonyl (C=O) groups excluding carboxylic acids is 2. The van der Waals surface area contributed by atoms with E-state index in [0.717, 1.165) is 12.1 Å². The number of piperazine rings is 1. The highest BCUT2D eigenvalue weighted by Gasteiger charge is 2.36. The van der Waals surface area contributed by atoms with E-state index in [-0.39, 0.29) is 35.7 Å². The fourth-order valence-corrected chi connectivity index (χ4v) is 4.39. The number of halogens is 4. The van der Waals surface area contributed by atoms with Gasteiger partial charge in [0.15, 0.2) is 0 Å². The van der Waals surface area contributed by atoms with Crippen molar-refractivity contribution in [1.82, 2.24) is 19.8 Å². The summed E-state index contributed by atoms with van der Waals surface area (Å²) >= 11 is 0. The number of fused-ring (bicyclic) bond motifs is 1. The van der Waals surface area contributed by atoms with Gasteiger partial charge >= 0.3 is 6.18 Å². The predicted molar refractivity (Wildman–Crippen MR) is 125 cm³/mol. The molecule has 1 saturated heterocycles. The Kier molecular flexibility index (Phi) is 6.80. The summed E-state index contributed by atoms with van der Waals surface area (Å²) in [5.74, 6) is -0.679. The van der Waals surface area contributed by atoms with E-state index in [1.54, 1.807) is 16.7 Å². The standard InChI is InChI=1S/C24H28F4N6O2/c1-13(2)34-12-19-20(22(34)36)30-23(33-7-5-32(6-8-33)15(4)35)31-21(19)29-14(3)16-9-17(24(26,27)28)11-18(25)10-16/h9-11,13-14H,5-8,12H2,1-4H3,(H,29,30,31)/t14-/m1/s1. The van der Waals surface area contributed by atoms with Crippen molar-refractivity contribution >= 4 is 23.6 Å². The van der Waals surface area contributed by atoms with Crippen molar-refractivity contribution in [3.8, 4) is 0 Å². The van der Waals surface area contributed by atoms with Gasteiger partial charge in [-0.3, -0.25) is 9.59 Å². The fraction of sp³-hybridized carbons (Fsp3) is 0.500. The highest BCUT2D eigenvalue weighted by atomic mass is 19.4. The average molecular weight is 509 g/mol. The van der Waals surface area contributed by atoms with Crippen LogP contribution >= 0.6 is 0 Å². The van der Waals surface area contributed by atoms with Crippen molar-refractivity contribution < 1.29 is 27.2 Å². The molecule has 0 saturated carbocycles. The number of hydrogen-bond acceptors (Lipinski definition) is 6. The Balaban J connectivity index is 1.69. The third-order valence-electron chi connectivity index (χ3n) is 6.52. The molecular weight excluding hydrogens is 480 g/mol. The normalized spacial score (nSPS) is 17.0. The Morgan fingerprint density at radius 2 is 1.72 bits per heavy atom. The Morgan fingerprint density at radius 1 is 1.06 bits per heavy atom. The summed E-state index contributed by atoms with van der Waals surface area (Å²) in [6.45, 7) is 8.99. The second-order valence-corrected chi connectivity index (χ2v) is 9.36. The molecule has 3 heterocycles. The summed E-state index contributed by atoms with van der Waals surface area (Å²) in [6.07, 6.45) is -4.69. The Morgan fingerprint density at radius 3 is 2.31 bits per heavy atom. The van der Waals surface area contributed by atoms with Crippen LogP contribution in [0.5, 0.6) is 0 Å². The highest BCUT2D eigenvalue weighted by molar-refractivity contribution is 5.98. The smallest absolute Gasteiger partial charge is 0.363 e. The quantitative estimate of drug-likeness (QED) is 0.619. The molecule has 1 fully saturated rings. The van der Waals surface area contributed by atoms with Crippen LogP contribution in [0, 0.1) is 5.82 Å². The molecule has 1 aromatic carbocycles. The van der Waals surface area contributed by atoms with Gasteiger partial charge in [0.1, 0.15) is 17.3 Å². The number of anilines is 2. The molecule has 1 N–H and O–H groups in total. The van der Waals surface area contributed by atoms with Crippen LogP contribution in [0.4, 0.5) is 29.3 Å². The number of alkyl halides is 3. The van der Waals surface area contributed by atoms with E-state index in [1.165, 1.54) is 6.92 Å². The lowest BCUT2D eigenvalue weighted by Crippen LogP contribution is -2.48. The fourth-order valence-electron chi connectivity index (χ4n) is 4.39. The van der Waals surface area contributed by atoms with Gasteiger partial charge in [-0.15, -0.1) is 0 Å². The first-order valence-electron chi connectivity index (χ1n) is 11.7. The number of benzene rings is 1. The summed E-state index contributed by atoms with van der Waals surface area (Å²) in [4.78, 5) is 39.1. The van der Waals surface area contributed by atoms with Gasteiger partial charge < -0.3 is 20.0 Å². The molecule has 8 nitrogen and oxygen atoms in total. The molecule has 1 atom stereocenters. The van der Waals surface area contributed by atoms with Gasteiger partial charge in [-0.1, -0.05) is 0 Å². The van der Waals surface area contributed by atoms with E-state index < -0.39 is 23.6 Å². The van der Waals surface area contributed by atoms with Crippen LogP contribution in [-0.2, 0) is 17.5 Å². The topological polar surface area (TPSA) is 81.7 Å². The molecule has 4 rings (SSSR count). The van der Waals surface area contributed by atoms with Crippen molar-refractivity contribution in [2.45, 2.75) is 52.5 Å². The Bertz CT molecular complexity index is 1180. The minimum Gasteiger partial charge on any atom is -0.363 e. The lowest BCUT2D eigenvalue weighted by Gasteiger charge is -2.34. The van der Waals surface area contributed by atoms with Crippen LogP contribution in [0.2, 0.25) is 0 Å². The monoisotopic (exact) mass is 508 g/mol. The molecule has 2 aromatic rings. The third-order valence-corrected chi connectivity index (χ3v) is 6.52. The molecule has 36 heavy (non-hydrogen) atoms. The molecule has 194 valence electrons. The van der Waals surface area contributed by atoms with Crippen LogP contribution in [-0.4, -0.2) is 63.8 Å². The summed E-state index contributed by atoms with van der Waals surface area (Å²) < 4.78 is 53.7. The zero-order valence-corrected chi connectivity index (χ0v) is 20.5. The van der Waals surface area contributed by atoms with Gasteiger partial charge in [-0.25, -0.2) is 9.37 Å². The first kappa shape index (κ1) is 25.6. The molecule has 0 bridgehead atoms. The largest absolute Gasteiger partial charge is 0.416 e. The van der Waals surface area contributed by atoms with Crippen LogP contribution in [0.1, 0.15) is 60.9 Å². The van der Waals surface area contributed by atoms with E-state index in [4.69, 9.17) is 0 Å². The molecule has 0 spiro atoms. The predicted octanol–water partition coefficient (Wildman–Crippen LogP) is 3.84. The van der Waals surface area contributed by atoms with Crippen molar-refractivity contribution in [1.29, 1.82) is 0 Å². The summed E-state index contributed by atoms with van der Waals surface area (Å²) in [5.41, 5.74) is -0.215. The summed E-state index contributed by atoms with van der Waals surface area (Å²) in [7, 11) is 0. The third kappa shape index (κ3) is 5.07. The second-order valence-electron chi connectivity index (χ2n) is 9.36. The van der Waals surface area contributed by atoms with E-state index >= 15 is 0 Å². The van der Waals surface area contributed by atoms with Crippen molar-refractivity contribution in [2.75, 3.05) is 36.4 Å². The summed E-state index contributed by atoms with van der Waals surface area (Å²) in [6, 6.07) is 1.55. The Labute approximate surface area is 206 Å². The SMILES string of the molecule is CC(=O)N1CCN(c2nc(N[C@H](C)c3cc(F)cc(C(F)(F)F)c3)c3c(n2)C(=O)N(C(C)C)C3)CC1. The molecular formula is C24H28F4N6O2. The van der Waals surface area contributed by atoms with Crippen molar-refractivity contribution in [2.24, 2.45) is 0 Å². The first-order valence-corrected chi connectivity index (χ1v) is 11.7. The number of nitrogens with zero attached hydrogens (tertiary/aromatic N) is 5. The van der Waals surface area contributed by atoms with Gasteiger partial charge in [0.25, 0.3) is 5.91 Å². The molecule has 0 radical (unpaired) electrons. The molecule has 0 aliphatic carbocycles. The molecule has 2 aliphatic rings. The van der Waals surface area contributed by atoms with E-state index in [0.29, 0.717) is 49.6 Å². The number of hydrogen-bond donors (Lipinski definition) is 1. The minimum absolute atomic E-state index is 0.0308. The van der Waals surface area contributed by atoms with Gasteiger partial charge in [0.05, 0.1) is 18.2 Å². The van der Waals surface area contributed by atoms with Gasteiger partial charge in [-0.2, -0.15) is 18.2 Å². The van der Waals surface area contributed by atoms with E-state index in [2.05, 4.69) is 15.3 Å². The summed E-state index contributed by atoms with van der Waals surface area (Å²) in [5, 5.41) is 3.10. The van der Waals surface area contributed by atoms with Crippen LogP contribution in [0.25, 0.3) is 0 Å². The van der Waals surface area contributed by atoms with Crippen LogP contribution in [0.15, 0.2) is 18.2 Å². The second kappa shape index (κ2) is 9.55. The molecule has 2 amide bonds. The zero-order valence-electron chi connectivity index (χ0n) is 20.5. The number of nitrogens with one attached hydrogen (secondary N) is 1. The maximum atomic E-state index is 14.0. The van der Waals surface area contributed by atoms with Gasteiger partial charge in [0.2, 0.25) is 11.9 Å². The van der Waals surface area contributed by atoms with Gasteiger partial charge in [-0.05, 0) is 44.5 Å².